The van der Waals surface area contributed by atoms with E-state index in [4.69, 9.17) is 0 Å². The molecular weight excluding hydrogens is 306 g/mol. The Bertz CT molecular complexity index is 434. The highest BCUT2D eigenvalue weighted by molar-refractivity contribution is 9.10. The van der Waals surface area contributed by atoms with E-state index in [9.17, 15) is 9.90 Å². The normalized spacial score (nSPS) is 11.4. The minimum Gasteiger partial charge on any atom is -0.396 e. The van der Waals surface area contributed by atoms with Gasteiger partial charge >= 0.3 is 0 Å². The van der Waals surface area contributed by atoms with Crippen LogP contribution in [0.4, 0.5) is 0 Å². The van der Waals surface area contributed by atoms with Crippen LogP contribution in [0.2, 0.25) is 0 Å². The van der Waals surface area contributed by atoms with Crippen molar-refractivity contribution in [2.45, 2.75) is 33.6 Å². The number of benzene rings is 1. The summed E-state index contributed by atoms with van der Waals surface area (Å²) in [6.07, 6.45) is 1.69. The van der Waals surface area contributed by atoms with Crippen molar-refractivity contribution in [1.82, 2.24) is 5.32 Å². The maximum absolute atomic E-state index is 12.2. The van der Waals surface area contributed by atoms with Gasteiger partial charge in [-0.1, -0.05) is 29.8 Å². The van der Waals surface area contributed by atoms with Crippen molar-refractivity contribution < 1.29 is 9.90 Å². The molecular formula is C15H22BrNO2. The Hall–Kier alpha value is -0.870. The van der Waals surface area contributed by atoms with E-state index in [1.54, 1.807) is 0 Å². The number of nitrogens with one attached hydrogen (secondary N) is 1. The van der Waals surface area contributed by atoms with E-state index in [1.807, 2.05) is 39.0 Å². The zero-order valence-electron chi connectivity index (χ0n) is 11.8. The van der Waals surface area contributed by atoms with Crippen molar-refractivity contribution in [3.63, 3.8) is 0 Å². The standard InChI is InChI=1S/C15H22BrNO2/c1-4-15(5-2,10-18)9-17-14(19)13-7-6-12(16)8-11(13)3/h6-8,18H,4-5,9-10H2,1-3H3,(H,17,19). The average molecular weight is 328 g/mol. The summed E-state index contributed by atoms with van der Waals surface area (Å²) >= 11 is 3.38. The van der Waals surface area contributed by atoms with Crippen molar-refractivity contribution in [3.05, 3.63) is 33.8 Å². The number of hydrogen-bond acceptors (Lipinski definition) is 2. The second-order valence-electron chi connectivity index (χ2n) is 5.01. The molecule has 1 aromatic carbocycles. The molecule has 0 aromatic heterocycles. The maximum atomic E-state index is 12.2. The largest absolute Gasteiger partial charge is 0.396 e. The van der Waals surface area contributed by atoms with Crippen LogP contribution in [0.1, 0.15) is 42.6 Å². The third-order valence-electron chi connectivity index (χ3n) is 3.89. The van der Waals surface area contributed by atoms with E-state index in [-0.39, 0.29) is 17.9 Å². The molecule has 3 nitrogen and oxygen atoms in total. The summed E-state index contributed by atoms with van der Waals surface area (Å²) in [5.41, 5.74) is 1.41. The van der Waals surface area contributed by atoms with Gasteiger partial charge in [-0.2, -0.15) is 0 Å². The van der Waals surface area contributed by atoms with Crippen LogP contribution < -0.4 is 5.32 Å². The number of carbonyl (C=O) groups is 1. The van der Waals surface area contributed by atoms with Crippen LogP contribution in [0.15, 0.2) is 22.7 Å². The lowest BCUT2D eigenvalue weighted by atomic mass is 9.83. The first-order valence-electron chi connectivity index (χ1n) is 6.63. The van der Waals surface area contributed by atoms with Crippen LogP contribution in [0.5, 0.6) is 0 Å². The van der Waals surface area contributed by atoms with E-state index >= 15 is 0 Å². The minimum absolute atomic E-state index is 0.0790. The molecule has 0 aliphatic heterocycles. The SMILES string of the molecule is CCC(CC)(CO)CNC(=O)c1ccc(Br)cc1C. The third-order valence-corrected chi connectivity index (χ3v) is 4.39. The zero-order valence-corrected chi connectivity index (χ0v) is 13.4. The van der Waals surface area contributed by atoms with Crippen LogP contribution in [0.25, 0.3) is 0 Å². The molecule has 106 valence electrons. The first-order valence-corrected chi connectivity index (χ1v) is 7.42. The van der Waals surface area contributed by atoms with E-state index in [0.29, 0.717) is 12.1 Å². The van der Waals surface area contributed by atoms with Crippen LogP contribution in [-0.2, 0) is 0 Å². The predicted molar refractivity (Wildman–Crippen MR) is 81.3 cm³/mol. The molecule has 0 radical (unpaired) electrons. The van der Waals surface area contributed by atoms with Gasteiger partial charge in [0, 0.05) is 22.0 Å². The lowest BCUT2D eigenvalue weighted by Crippen LogP contribution is -2.39. The van der Waals surface area contributed by atoms with Gasteiger partial charge in [-0.25, -0.2) is 0 Å². The molecule has 2 N–H and O–H groups in total. The predicted octanol–water partition coefficient (Wildman–Crippen LogP) is 3.29. The van der Waals surface area contributed by atoms with Crippen LogP contribution in [0.3, 0.4) is 0 Å². The number of hydrogen-bond donors (Lipinski definition) is 2. The van der Waals surface area contributed by atoms with Gasteiger partial charge in [0.05, 0.1) is 6.61 Å². The second kappa shape index (κ2) is 7.06. The fraction of sp³-hybridized carbons (Fsp3) is 0.533. The smallest absolute Gasteiger partial charge is 0.251 e. The van der Waals surface area contributed by atoms with Gasteiger partial charge in [-0.05, 0) is 43.5 Å². The van der Waals surface area contributed by atoms with Gasteiger partial charge in [-0.3, -0.25) is 4.79 Å². The lowest BCUT2D eigenvalue weighted by molar-refractivity contribution is 0.0850. The van der Waals surface area contributed by atoms with Gasteiger partial charge in [0.25, 0.3) is 5.91 Å². The van der Waals surface area contributed by atoms with Crippen molar-refractivity contribution in [3.8, 4) is 0 Å². The van der Waals surface area contributed by atoms with Crippen LogP contribution >= 0.6 is 15.9 Å². The monoisotopic (exact) mass is 327 g/mol. The number of aryl methyl sites for hydroxylation is 1. The number of rotatable bonds is 6. The topological polar surface area (TPSA) is 49.3 Å². The molecule has 1 aromatic rings. The van der Waals surface area contributed by atoms with Crippen molar-refractivity contribution in [2.24, 2.45) is 5.41 Å². The van der Waals surface area contributed by atoms with Crippen molar-refractivity contribution >= 4 is 21.8 Å². The Morgan fingerprint density at radius 2 is 2.00 bits per heavy atom. The fourth-order valence-corrected chi connectivity index (χ4v) is 2.50. The molecule has 0 saturated carbocycles. The van der Waals surface area contributed by atoms with Gasteiger partial charge in [0.15, 0.2) is 0 Å². The molecule has 0 fully saturated rings. The van der Waals surface area contributed by atoms with Gasteiger partial charge in [0.2, 0.25) is 0 Å². The Labute approximate surface area is 123 Å². The Morgan fingerprint density at radius 3 is 2.47 bits per heavy atom. The highest BCUT2D eigenvalue weighted by Gasteiger charge is 2.26. The van der Waals surface area contributed by atoms with E-state index < -0.39 is 0 Å². The summed E-state index contributed by atoms with van der Waals surface area (Å²) < 4.78 is 0.966. The first-order chi connectivity index (χ1) is 8.98. The summed E-state index contributed by atoms with van der Waals surface area (Å²) in [5, 5.41) is 12.4. The second-order valence-corrected chi connectivity index (χ2v) is 5.92. The van der Waals surface area contributed by atoms with Crippen LogP contribution in [-0.4, -0.2) is 24.2 Å². The molecule has 0 heterocycles. The molecule has 0 aliphatic carbocycles. The summed E-state index contributed by atoms with van der Waals surface area (Å²) in [5.74, 6) is -0.0790. The maximum Gasteiger partial charge on any atom is 0.251 e. The lowest BCUT2D eigenvalue weighted by Gasteiger charge is -2.29. The molecule has 0 bridgehead atoms. The summed E-state index contributed by atoms with van der Waals surface area (Å²) in [6.45, 7) is 6.59. The Morgan fingerprint density at radius 1 is 1.37 bits per heavy atom. The zero-order chi connectivity index (χ0) is 14.5. The fourth-order valence-electron chi connectivity index (χ4n) is 2.02. The molecule has 0 aliphatic rings. The van der Waals surface area contributed by atoms with Gasteiger partial charge in [0.1, 0.15) is 0 Å². The molecule has 1 rings (SSSR count). The Balaban J connectivity index is 2.75. The number of halogens is 1. The van der Waals surface area contributed by atoms with Gasteiger partial charge < -0.3 is 10.4 Å². The highest BCUT2D eigenvalue weighted by Crippen LogP contribution is 2.24. The number of carbonyl (C=O) groups excluding carboxylic acids is 1. The molecule has 1 amide bonds. The Kier molecular flexibility index (Phi) is 6.01. The average Bonchev–Trinajstić information content (AvgIpc) is 2.40. The van der Waals surface area contributed by atoms with E-state index in [1.165, 1.54) is 0 Å². The summed E-state index contributed by atoms with van der Waals surface area (Å²) in [6, 6.07) is 5.60. The highest BCUT2D eigenvalue weighted by atomic mass is 79.9. The van der Waals surface area contributed by atoms with Gasteiger partial charge in [-0.15, -0.1) is 0 Å². The summed E-state index contributed by atoms with van der Waals surface area (Å²) in [7, 11) is 0. The van der Waals surface area contributed by atoms with Crippen molar-refractivity contribution in [1.29, 1.82) is 0 Å². The molecule has 19 heavy (non-hydrogen) atoms. The first kappa shape index (κ1) is 16.2. The number of amides is 1. The van der Waals surface area contributed by atoms with E-state index in [0.717, 1.165) is 22.9 Å². The van der Waals surface area contributed by atoms with Crippen LogP contribution in [0, 0.1) is 12.3 Å². The molecule has 0 unspecified atom stereocenters. The minimum atomic E-state index is -0.209. The number of aliphatic hydroxyl groups is 1. The molecule has 4 heteroatoms. The van der Waals surface area contributed by atoms with Crippen molar-refractivity contribution in [2.75, 3.05) is 13.2 Å². The number of aliphatic hydroxyl groups excluding tert-OH is 1. The van der Waals surface area contributed by atoms with E-state index in [2.05, 4.69) is 21.2 Å². The third kappa shape index (κ3) is 4.05. The molecule has 0 atom stereocenters. The quantitative estimate of drug-likeness (QED) is 0.842. The molecule has 0 spiro atoms. The molecule has 0 saturated heterocycles. The summed E-state index contributed by atoms with van der Waals surface area (Å²) in [4.78, 5) is 12.2.